The number of alkyl halides is 1. The van der Waals surface area contributed by atoms with E-state index in [0.29, 0.717) is 5.56 Å². The molecule has 2 aromatic carbocycles. The van der Waals surface area contributed by atoms with E-state index < -0.39 is 22.8 Å². The van der Waals surface area contributed by atoms with Crippen molar-refractivity contribution >= 4 is 27.5 Å². The van der Waals surface area contributed by atoms with Crippen LogP contribution in [0.25, 0.3) is 0 Å². The molecule has 1 unspecified atom stereocenters. The van der Waals surface area contributed by atoms with Crippen molar-refractivity contribution in [3.05, 3.63) is 68.9 Å². The van der Waals surface area contributed by atoms with Crippen molar-refractivity contribution in [1.29, 1.82) is 0 Å². The zero-order valence-electron chi connectivity index (χ0n) is 9.85. The Labute approximate surface area is 122 Å². The third kappa shape index (κ3) is 2.95. The Morgan fingerprint density at radius 2 is 1.68 bits per heavy atom. The second-order valence-corrected chi connectivity index (χ2v) is 5.45. The Bertz CT molecular complexity index is 628. The summed E-state index contributed by atoms with van der Waals surface area (Å²) in [6, 6.07) is 6.27. The number of rotatable bonds is 2. The molecule has 1 atom stereocenters. The highest BCUT2D eigenvalue weighted by Crippen LogP contribution is 2.33. The van der Waals surface area contributed by atoms with E-state index in [1.54, 1.807) is 0 Å². The molecule has 0 aliphatic heterocycles. The molecule has 0 aliphatic rings. The molecule has 0 bridgehead atoms. The van der Waals surface area contributed by atoms with Crippen molar-refractivity contribution in [1.82, 2.24) is 0 Å². The third-order valence-electron chi connectivity index (χ3n) is 2.79. The van der Waals surface area contributed by atoms with Crippen LogP contribution in [-0.2, 0) is 0 Å². The molecule has 0 saturated heterocycles. The van der Waals surface area contributed by atoms with E-state index in [9.17, 15) is 13.2 Å². The predicted molar refractivity (Wildman–Crippen MR) is 72.9 cm³/mol. The van der Waals surface area contributed by atoms with Crippen molar-refractivity contribution in [2.75, 3.05) is 0 Å². The molecule has 2 aromatic rings. The second-order valence-electron chi connectivity index (χ2n) is 4.16. The molecule has 2 rings (SSSR count). The van der Waals surface area contributed by atoms with Gasteiger partial charge in [0.05, 0.1) is 9.85 Å². The lowest BCUT2D eigenvalue weighted by Crippen LogP contribution is -2.00. The maximum Gasteiger partial charge on any atom is 0.137 e. The van der Waals surface area contributed by atoms with Gasteiger partial charge in [0.15, 0.2) is 0 Å². The maximum atomic E-state index is 13.8. The van der Waals surface area contributed by atoms with Crippen molar-refractivity contribution in [2.24, 2.45) is 0 Å². The van der Waals surface area contributed by atoms with Gasteiger partial charge in [-0.2, -0.15) is 0 Å². The zero-order chi connectivity index (χ0) is 14.2. The normalized spacial score (nSPS) is 12.5. The van der Waals surface area contributed by atoms with Crippen molar-refractivity contribution in [3.8, 4) is 0 Å². The van der Waals surface area contributed by atoms with E-state index in [-0.39, 0.29) is 15.6 Å². The first-order valence-corrected chi connectivity index (χ1v) is 6.67. The van der Waals surface area contributed by atoms with Gasteiger partial charge in [-0.25, -0.2) is 13.2 Å². The fourth-order valence-corrected chi connectivity index (χ4v) is 2.40. The van der Waals surface area contributed by atoms with Crippen molar-refractivity contribution in [2.45, 2.75) is 12.3 Å². The van der Waals surface area contributed by atoms with Gasteiger partial charge in [-0.1, -0.05) is 6.07 Å². The first-order chi connectivity index (χ1) is 8.90. The van der Waals surface area contributed by atoms with Crippen LogP contribution in [0.3, 0.4) is 0 Å². The summed E-state index contributed by atoms with van der Waals surface area (Å²) >= 11 is 9.17. The summed E-state index contributed by atoms with van der Waals surface area (Å²) in [7, 11) is 0. The van der Waals surface area contributed by atoms with E-state index in [1.807, 2.05) is 0 Å². The lowest BCUT2D eigenvalue weighted by molar-refractivity contribution is 0.580. The average molecular weight is 350 g/mol. The van der Waals surface area contributed by atoms with Gasteiger partial charge in [-0.05, 0) is 58.2 Å². The minimum atomic E-state index is -0.882. The third-order valence-corrected chi connectivity index (χ3v) is 3.88. The van der Waals surface area contributed by atoms with E-state index >= 15 is 0 Å². The van der Waals surface area contributed by atoms with Crippen LogP contribution in [-0.4, -0.2) is 0 Å². The van der Waals surface area contributed by atoms with Gasteiger partial charge >= 0.3 is 0 Å². The van der Waals surface area contributed by atoms with Crippen LogP contribution < -0.4 is 0 Å². The minimum Gasteiger partial charge on any atom is -0.207 e. The van der Waals surface area contributed by atoms with Gasteiger partial charge in [-0.15, -0.1) is 11.6 Å². The Morgan fingerprint density at radius 1 is 1.00 bits per heavy atom. The molecular weight excluding hydrogens is 341 g/mol. The standard InChI is InChI=1S/C14H9BrClF3/c1-7-4-13(19)9(6-12(7)18)14(16)8-2-3-11(17)10(15)5-8/h2-6,14H,1H3. The first-order valence-electron chi connectivity index (χ1n) is 5.44. The molecule has 5 heteroatoms. The first kappa shape index (κ1) is 14.4. The number of halogens is 5. The fourth-order valence-electron chi connectivity index (χ4n) is 1.71. The summed E-state index contributed by atoms with van der Waals surface area (Å²) in [5.41, 5.74) is 0.728. The largest absolute Gasteiger partial charge is 0.207 e. The highest BCUT2D eigenvalue weighted by atomic mass is 79.9. The Morgan fingerprint density at radius 3 is 2.32 bits per heavy atom. The molecule has 0 heterocycles. The lowest BCUT2D eigenvalue weighted by Gasteiger charge is -2.13. The molecule has 0 aromatic heterocycles. The monoisotopic (exact) mass is 348 g/mol. The molecule has 19 heavy (non-hydrogen) atoms. The van der Waals surface area contributed by atoms with Crippen LogP contribution in [0.2, 0.25) is 0 Å². The molecule has 0 fully saturated rings. The Kier molecular flexibility index (Phi) is 4.21. The highest BCUT2D eigenvalue weighted by molar-refractivity contribution is 9.10. The molecule has 0 amide bonds. The van der Waals surface area contributed by atoms with E-state index in [2.05, 4.69) is 15.9 Å². The van der Waals surface area contributed by atoms with Crippen LogP contribution in [0.4, 0.5) is 13.2 Å². The molecule has 0 N–H and O–H groups in total. The topological polar surface area (TPSA) is 0 Å². The van der Waals surface area contributed by atoms with Crippen LogP contribution >= 0.6 is 27.5 Å². The second kappa shape index (κ2) is 5.55. The zero-order valence-corrected chi connectivity index (χ0v) is 12.2. The lowest BCUT2D eigenvalue weighted by atomic mass is 10.0. The van der Waals surface area contributed by atoms with Gasteiger partial charge < -0.3 is 0 Å². The number of hydrogen-bond donors (Lipinski definition) is 0. The van der Waals surface area contributed by atoms with E-state index in [4.69, 9.17) is 11.6 Å². The SMILES string of the molecule is Cc1cc(F)c(C(Cl)c2ccc(F)c(Br)c2)cc1F. The summed E-state index contributed by atoms with van der Waals surface area (Å²) in [4.78, 5) is 0. The van der Waals surface area contributed by atoms with Crippen LogP contribution in [0.15, 0.2) is 34.8 Å². The quantitative estimate of drug-likeness (QED) is 0.628. The number of hydrogen-bond acceptors (Lipinski definition) is 0. The predicted octanol–water partition coefficient (Wildman–Crippen LogP) is 5.50. The highest BCUT2D eigenvalue weighted by Gasteiger charge is 2.18. The smallest absolute Gasteiger partial charge is 0.137 e. The summed E-state index contributed by atoms with van der Waals surface area (Å²) in [5, 5.41) is -0.882. The number of benzene rings is 2. The van der Waals surface area contributed by atoms with Gasteiger partial charge in [0.2, 0.25) is 0 Å². The molecule has 0 aliphatic carbocycles. The van der Waals surface area contributed by atoms with Gasteiger partial charge in [-0.3, -0.25) is 0 Å². The molecule has 100 valence electrons. The van der Waals surface area contributed by atoms with Crippen LogP contribution in [0.1, 0.15) is 22.1 Å². The Balaban J connectivity index is 2.46. The van der Waals surface area contributed by atoms with Crippen LogP contribution in [0.5, 0.6) is 0 Å². The van der Waals surface area contributed by atoms with Gasteiger partial charge in [0.1, 0.15) is 17.5 Å². The fraction of sp³-hybridized carbons (Fsp3) is 0.143. The molecular formula is C14H9BrClF3. The molecule has 0 saturated carbocycles. The molecule has 0 spiro atoms. The van der Waals surface area contributed by atoms with Crippen molar-refractivity contribution in [3.63, 3.8) is 0 Å². The minimum absolute atomic E-state index is 0.0308. The summed E-state index contributed by atoms with van der Waals surface area (Å²) in [6.45, 7) is 1.47. The van der Waals surface area contributed by atoms with Gasteiger partial charge in [0, 0.05) is 5.56 Å². The summed E-state index contributed by atoms with van der Waals surface area (Å²) in [5.74, 6) is -1.55. The van der Waals surface area contributed by atoms with E-state index in [0.717, 1.165) is 12.1 Å². The van der Waals surface area contributed by atoms with E-state index in [1.165, 1.54) is 25.1 Å². The summed E-state index contributed by atoms with van der Waals surface area (Å²) < 4.78 is 40.7. The Hall–Kier alpha value is -1.00. The maximum absolute atomic E-state index is 13.8. The number of aryl methyl sites for hydroxylation is 1. The molecule has 0 nitrogen and oxygen atoms in total. The summed E-state index contributed by atoms with van der Waals surface area (Å²) in [6.07, 6.45) is 0. The van der Waals surface area contributed by atoms with Crippen LogP contribution in [0, 0.1) is 24.4 Å². The average Bonchev–Trinajstić information content (AvgIpc) is 2.36. The van der Waals surface area contributed by atoms with Crippen molar-refractivity contribution < 1.29 is 13.2 Å². The van der Waals surface area contributed by atoms with Gasteiger partial charge in [0.25, 0.3) is 0 Å². The molecule has 0 radical (unpaired) electrons.